The third-order valence-electron chi connectivity index (χ3n) is 6.75. The van der Waals surface area contributed by atoms with Crippen molar-refractivity contribution in [3.05, 3.63) is 28.2 Å². The van der Waals surface area contributed by atoms with E-state index in [-0.39, 0.29) is 17.9 Å². The third-order valence-corrected chi connectivity index (χ3v) is 7.32. The first-order valence-electron chi connectivity index (χ1n) is 10.8. The number of piperidine rings is 1. The van der Waals surface area contributed by atoms with Gasteiger partial charge in [0.25, 0.3) is 0 Å². The molecular formula is C22H29Cl2N3O2. The summed E-state index contributed by atoms with van der Waals surface area (Å²) < 4.78 is 0. The maximum Gasteiger partial charge on any atom is 0.241 e. The van der Waals surface area contributed by atoms with E-state index in [4.69, 9.17) is 23.2 Å². The topological polar surface area (TPSA) is 52.7 Å². The molecule has 3 atom stereocenters. The number of rotatable bonds is 4. The number of benzene rings is 1. The first kappa shape index (κ1) is 21.0. The molecule has 0 spiro atoms. The van der Waals surface area contributed by atoms with Crippen LogP contribution >= 0.6 is 23.2 Å². The lowest BCUT2D eigenvalue weighted by atomic mass is 9.78. The summed E-state index contributed by atoms with van der Waals surface area (Å²) in [6.07, 6.45) is 8.93. The van der Waals surface area contributed by atoms with Crippen LogP contribution in [0.5, 0.6) is 0 Å². The summed E-state index contributed by atoms with van der Waals surface area (Å²) in [4.78, 5) is 30.2. The minimum Gasteiger partial charge on any atom is -0.338 e. The second kappa shape index (κ2) is 9.23. The lowest BCUT2D eigenvalue weighted by Gasteiger charge is -2.44. The van der Waals surface area contributed by atoms with E-state index in [0.717, 1.165) is 38.8 Å². The average molecular weight is 438 g/mol. The van der Waals surface area contributed by atoms with Crippen LogP contribution in [0.25, 0.3) is 0 Å². The number of fused-ring (bicyclic) bond motifs is 1. The van der Waals surface area contributed by atoms with Gasteiger partial charge in [0, 0.05) is 17.6 Å². The molecule has 2 saturated heterocycles. The molecule has 7 heteroatoms. The van der Waals surface area contributed by atoms with E-state index in [1.165, 1.54) is 25.7 Å². The second-order valence-electron chi connectivity index (χ2n) is 8.58. The van der Waals surface area contributed by atoms with Crippen molar-refractivity contribution >= 4 is 40.7 Å². The van der Waals surface area contributed by atoms with Crippen LogP contribution in [0.1, 0.15) is 51.4 Å². The first-order valence-corrected chi connectivity index (χ1v) is 11.6. The summed E-state index contributed by atoms with van der Waals surface area (Å²) in [5.41, 5.74) is 0.517. The fraction of sp³-hybridized carbons (Fsp3) is 0.636. The molecule has 1 saturated carbocycles. The smallest absolute Gasteiger partial charge is 0.241 e. The fourth-order valence-corrected chi connectivity index (χ4v) is 5.66. The normalized spacial score (nSPS) is 27.5. The van der Waals surface area contributed by atoms with Crippen LogP contribution in [0, 0.1) is 5.92 Å². The van der Waals surface area contributed by atoms with E-state index in [0.29, 0.717) is 34.2 Å². The average Bonchev–Trinajstić information content (AvgIpc) is 3.18. The zero-order valence-corrected chi connectivity index (χ0v) is 18.2. The Morgan fingerprint density at radius 3 is 2.62 bits per heavy atom. The summed E-state index contributed by atoms with van der Waals surface area (Å²) in [5, 5.41) is 3.88. The molecule has 0 radical (unpaired) electrons. The van der Waals surface area contributed by atoms with Gasteiger partial charge in [-0.05, 0) is 69.2 Å². The zero-order valence-electron chi connectivity index (χ0n) is 16.7. The fourth-order valence-electron chi connectivity index (χ4n) is 5.32. The highest BCUT2D eigenvalue weighted by Gasteiger charge is 2.38. The van der Waals surface area contributed by atoms with E-state index in [9.17, 15) is 9.59 Å². The van der Waals surface area contributed by atoms with Crippen LogP contribution in [0.3, 0.4) is 0 Å². The molecule has 1 aromatic carbocycles. The molecule has 3 unspecified atom stereocenters. The number of halogens is 2. The van der Waals surface area contributed by atoms with Crippen LogP contribution in [-0.4, -0.2) is 53.3 Å². The summed E-state index contributed by atoms with van der Waals surface area (Å²) in [7, 11) is 0. The highest BCUT2D eigenvalue weighted by atomic mass is 35.5. The van der Waals surface area contributed by atoms with Gasteiger partial charge in [0.15, 0.2) is 0 Å². The number of carbonyl (C=O) groups excluding carboxylic acids is 2. The minimum atomic E-state index is -0.305. The molecule has 0 bridgehead atoms. The van der Waals surface area contributed by atoms with Crippen LogP contribution in [0.4, 0.5) is 5.69 Å². The van der Waals surface area contributed by atoms with E-state index >= 15 is 0 Å². The third kappa shape index (κ3) is 4.73. The van der Waals surface area contributed by atoms with Crippen LogP contribution < -0.4 is 5.32 Å². The van der Waals surface area contributed by atoms with Crippen molar-refractivity contribution in [1.29, 1.82) is 0 Å². The van der Waals surface area contributed by atoms with Crippen molar-refractivity contribution in [1.82, 2.24) is 9.80 Å². The molecule has 3 fully saturated rings. The van der Waals surface area contributed by atoms with Gasteiger partial charge in [-0.2, -0.15) is 0 Å². The number of likely N-dealkylation sites (tertiary alicyclic amines) is 2. The summed E-state index contributed by atoms with van der Waals surface area (Å²) >= 11 is 12.2. The van der Waals surface area contributed by atoms with E-state index in [1.807, 2.05) is 4.90 Å². The van der Waals surface area contributed by atoms with Crippen molar-refractivity contribution in [3.8, 4) is 0 Å². The lowest BCUT2D eigenvalue weighted by molar-refractivity contribution is -0.139. The SMILES string of the molecule is O=C(Nc1cc(Cl)ccc1Cl)C1CCCN1CC(=O)N1CCCC2CCCCC21. The van der Waals surface area contributed by atoms with Crippen molar-refractivity contribution in [2.75, 3.05) is 25.0 Å². The Kier molecular flexibility index (Phi) is 6.67. The number of nitrogens with zero attached hydrogens (tertiary/aromatic N) is 2. The molecule has 0 aromatic heterocycles. The predicted octanol–water partition coefficient (Wildman–Crippen LogP) is 4.58. The summed E-state index contributed by atoms with van der Waals surface area (Å²) in [6, 6.07) is 5.12. The van der Waals surface area contributed by atoms with E-state index < -0.39 is 0 Å². The maximum absolute atomic E-state index is 13.1. The van der Waals surface area contributed by atoms with Crippen molar-refractivity contribution in [2.45, 2.75) is 63.5 Å². The van der Waals surface area contributed by atoms with Crippen LogP contribution in [-0.2, 0) is 9.59 Å². The monoisotopic (exact) mass is 437 g/mol. The molecule has 5 nitrogen and oxygen atoms in total. The van der Waals surface area contributed by atoms with Crippen LogP contribution in [0.15, 0.2) is 18.2 Å². The molecule has 1 aliphatic carbocycles. The molecule has 3 aliphatic rings. The van der Waals surface area contributed by atoms with Gasteiger partial charge in [-0.15, -0.1) is 0 Å². The van der Waals surface area contributed by atoms with Crippen LogP contribution in [0.2, 0.25) is 10.0 Å². The molecule has 158 valence electrons. The Morgan fingerprint density at radius 2 is 1.76 bits per heavy atom. The number of carbonyl (C=O) groups is 2. The van der Waals surface area contributed by atoms with Crippen molar-refractivity contribution in [3.63, 3.8) is 0 Å². The predicted molar refractivity (Wildman–Crippen MR) is 116 cm³/mol. The van der Waals surface area contributed by atoms with Gasteiger partial charge in [0.05, 0.1) is 23.3 Å². The number of hydrogen-bond donors (Lipinski definition) is 1. The number of nitrogens with one attached hydrogen (secondary N) is 1. The van der Waals surface area contributed by atoms with E-state index in [2.05, 4.69) is 10.2 Å². The minimum absolute atomic E-state index is 0.117. The van der Waals surface area contributed by atoms with Crippen molar-refractivity contribution < 1.29 is 9.59 Å². The Hall–Kier alpha value is -1.30. The van der Waals surface area contributed by atoms with Gasteiger partial charge in [0.2, 0.25) is 11.8 Å². The number of amides is 2. The lowest BCUT2D eigenvalue weighted by Crippen LogP contribution is -2.53. The Labute approximate surface area is 182 Å². The van der Waals surface area contributed by atoms with Gasteiger partial charge in [-0.1, -0.05) is 36.0 Å². The molecule has 4 rings (SSSR count). The molecular weight excluding hydrogens is 409 g/mol. The van der Waals surface area contributed by atoms with Gasteiger partial charge in [0.1, 0.15) is 0 Å². The summed E-state index contributed by atoms with van der Waals surface area (Å²) in [6.45, 7) is 1.96. The Morgan fingerprint density at radius 1 is 1.00 bits per heavy atom. The molecule has 2 aliphatic heterocycles. The highest BCUT2D eigenvalue weighted by molar-refractivity contribution is 6.35. The van der Waals surface area contributed by atoms with E-state index in [1.54, 1.807) is 18.2 Å². The molecule has 1 aromatic rings. The quantitative estimate of drug-likeness (QED) is 0.749. The van der Waals surface area contributed by atoms with Gasteiger partial charge in [-0.3, -0.25) is 14.5 Å². The highest BCUT2D eigenvalue weighted by Crippen LogP contribution is 2.35. The molecule has 1 N–H and O–H groups in total. The van der Waals surface area contributed by atoms with Gasteiger partial charge < -0.3 is 10.2 Å². The standard InChI is InChI=1S/C22H29Cl2N3O2/c23-16-9-10-17(24)18(13-16)25-22(29)20-8-4-11-26(20)14-21(28)27-12-3-6-15-5-1-2-7-19(15)27/h9-10,13,15,19-20H,1-8,11-12,14H2,(H,25,29). The Bertz CT molecular complexity index is 770. The zero-order chi connectivity index (χ0) is 20.4. The molecule has 2 heterocycles. The van der Waals surface area contributed by atoms with Gasteiger partial charge >= 0.3 is 0 Å². The largest absolute Gasteiger partial charge is 0.338 e. The Balaban J connectivity index is 1.39. The number of hydrogen-bond acceptors (Lipinski definition) is 3. The maximum atomic E-state index is 13.1. The second-order valence-corrected chi connectivity index (χ2v) is 9.43. The number of anilines is 1. The molecule has 29 heavy (non-hydrogen) atoms. The van der Waals surface area contributed by atoms with Gasteiger partial charge in [-0.25, -0.2) is 0 Å². The first-order chi connectivity index (χ1) is 14.0. The molecule has 2 amide bonds. The summed E-state index contributed by atoms with van der Waals surface area (Å²) in [5.74, 6) is 0.736. The van der Waals surface area contributed by atoms with Crippen molar-refractivity contribution in [2.24, 2.45) is 5.92 Å².